The van der Waals surface area contributed by atoms with Crippen molar-refractivity contribution in [1.82, 2.24) is 4.57 Å². The molecule has 0 spiro atoms. The largest absolute Gasteiger partial charge is 0.508 e. The van der Waals surface area contributed by atoms with Crippen LogP contribution in [0.25, 0.3) is 10.9 Å². The minimum absolute atomic E-state index is 0.200. The van der Waals surface area contributed by atoms with E-state index >= 15 is 0 Å². The Morgan fingerprint density at radius 1 is 1.04 bits per heavy atom. The van der Waals surface area contributed by atoms with Gasteiger partial charge in [-0.05, 0) is 35.7 Å². The average molecular weight is 332 g/mol. The molecule has 3 aromatic rings. The Morgan fingerprint density at radius 3 is 2.48 bits per heavy atom. The predicted molar refractivity (Wildman–Crippen MR) is 88.3 cm³/mol. The summed E-state index contributed by atoms with van der Waals surface area (Å²) < 4.78 is 28.4. The van der Waals surface area contributed by atoms with E-state index in [0.717, 1.165) is 21.3 Å². The lowest BCUT2D eigenvalue weighted by Gasteiger charge is -2.20. The molecule has 0 atom stereocenters. The molecule has 2 aromatic carbocycles. The van der Waals surface area contributed by atoms with Crippen LogP contribution < -0.4 is 4.31 Å². The van der Waals surface area contributed by atoms with Crippen LogP contribution in [0.3, 0.4) is 0 Å². The zero-order valence-corrected chi connectivity index (χ0v) is 13.4. The second kappa shape index (κ2) is 5.20. The molecule has 0 amide bonds. The van der Waals surface area contributed by atoms with Crippen molar-refractivity contribution >= 4 is 26.6 Å². The Labute approximate surface area is 133 Å². The number of hydrogen-bond acceptors (Lipinski definition) is 4. The van der Waals surface area contributed by atoms with Crippen LogP contribution >= 0.6 is 0 Å². The minimum Gasteiger partial charge on any atom is -0.508 e. The number of phenols is 2. The molecule has 23 heavy (non-hydrogen) atoms. The van der Waals surface area contributed by atoms with Crippen LogP contribution in [0.15, 0.2) is 53.6 Å². The van der Waals surface area contributed by atoms with Crippen LogP contribution in [0.2, 0.25) is 0 Å². The number of phenolic OH excluding ortho intramolecular Hbond substituents is 2. The Morgan fingerprint density at radius 2 is 1.78 bits per heavy atom. The molecule has 0 aliphatic heterocycles. The van der Waals surface area contributed by atoms with E-state index in [9.17, 15) is 18.6 Å². The van der Waals surface area contributed by atoms with Gasteiger partial charge in [-0.2, -0.15) is 0 Å². The number of anilines is 1. The van der Waals surface area contributed by atoms with Crippen LogP contribution in [-0.4, -0.2) is 30.2 Å². The standard InChI is InChI=1S/C16H16N2O4S/c1-17-8-7-11-3-4-12(9-14(11)17)18(2)23(21,22)16-6-5-13(19)10-15(16)20/h3-10,19-20H,1-2H3. The number of aromatic hydroxyl groups is 2. The smallest absolute Gasteiger partial charge is 0.267 e. The molecule has 0 aliphatic carbocycles. The van der Waals surface area contributed by atoms with Gasteiger partial charge in [-0.15, -0.1) is 0 Å². The lowest BCUT2D eigenvalue weighted by molar-refractivity contribution is 0.439. The van der Waals surface area contributed by atoms with Crippen LogP contribution in [0, 0.1) is 0 Å². The molecule has 0 saturated carbocycles. The van der Waals surface area contributed by atoms with Crippen molar-refractivity contribution in [2.45, 2.75) is 4.90 Å². The van der Waals surface area contributed by atoms with Crippen LogP contribution in [-0.2, 0) is 17.1 Å². The normalized spacial score (nSPS) is 11.7. The Bertz CT molecular complexity index is 992. The topological polar surface area (TPSA) is 82.8 Å². The van der Waals surface area contributed by atoms with Gasteiger partial charge in [0.25, 0.3) is 10.0 Å². The summed E-state index contributed by atoms with van der Waals surface area (Å²) in [4.78, 5) is -0.259. The number of nitrogens with zero attached hydrogens (tertiary/aromatic N) is 2. The van der Waals surface area contributed by atoms with E-state index in [1.165, 1.54) is 19.2 Å². The third kappa shape index (κ3) is 2.49. The van der Waals surface area contributed by atoms with Crippen LogP contribution in [0.1, 0.15) is 0 Å². The first-order valence-corrected chi connectivity index (χ1v) is 8.31. The molecule has 120 valence electrons. The van der Waals surface area contributed by atoms with Gasteiger partial charge in [-0.25, -0.2) is 8.42 Å². The highest BCUT2D eigenvalue weighted by Gasteiger charge is 2.25. The van der Waals surface area contributed by atoms with E-state index in [1.54, 1.807) is 12.1 Å². The average Bonchev–Trinajstić information content (AvgIpc) is 2.87. The fourth-order valence-corrected chi connectivity index (χ4v) is 3.71. The van der Waals surface area contributed by atoms with Gasteiger partial charge in [0, 0.05) is 31.9 Å². The van der Waals surface area contributed by atoms with Crippen molar-refractivity contribution in [3.8, 4) is 11.5 Å². The van der Waals surface area contributed by atoms with Gasteiger partial charge in [-0.1, -0.05) is 6.07 Å². The summed E-state index contributed by atoms with van der Waals surface area (Å²) in [6.07, 6.45) is 1.90. The summed E-state index contributed by atoms with van der Waals surface area (Å²) in [6.45, 7) is 0. The molecule has 3 rings (SSSR count). The summed E-state index contributed by atoms with van der Waals surface area (Å²) in [7, 11) is -0.637. The van der Waals surface area contributed by atoms with Gasteiger partial charge in [0.2, 0.25) is 0 Å². The van der Waals surface area contributed by atoms with Crippen LogP contribution in [0.5, 0.6) is 11.5 Å². The van der Waals surface area contributed by atoms with Crippen molar-refractivity contribution in [2.75, 3.05) is 11.4 Å². The number of aryl methyl sites for hydroxylation is 1. The van der Waals surface area contributed by atoms with Crippen molar-refractivity contribution in [3.63, 3.8) is 0 Å². The second-order valence-electron chi connectivity index (χ2n) is 5.29. The summed E-state index contributed by atoms with van der Waals surface area (Å²) in [5, 5.41) is 20.2. The van der Waals surface area contributed by atoms with E-state index in [-0.39, 0.29) is 10.6 Å². The molecule has 0 unspecified atom stereocenters. The molecule has 7 heteroatoms. The van der Waals surface area contributed by atoms with Gasteiger partial charge in [0.15, 0.2) is 0 Å². The lowest BCUT2D eigenvalue weighted by atomic mass is 10.2. The molecule has 2 N–H and O–H groups in total. The highest BCUT2D eigenvalue weighted by atomic mass is 32.2. The van der Waals surface area contributed by atoms with E-state index in [1.807, 2.05) is 29.9 Å². The molecule has 0 radical (unpaired) electrons. The Balaban J connectivity index is 2.09. The maximum absolute atomic E-state index is 12.7. The molecule has 1 heterocycles. The van der Waals surface area contributed by atoms with Gasteiger partial charge >= 0.3 is 0 Å². The first kappa shape index (κ1) is 15.2. The van der Waals surface area contributed by atoms with E-state index < -0.39 is 15.8 Å². The molecular weight excluding hydrogens is 316 g/mol. The van der Waals surface area contributed by atoms with E-state index in [4.69, 9.17) is 0 Å². The molecule has 0 fully saturated rings. The van der Waals surface area contributed by atoms with Crippen molar-refractivity contribution < 1.29 is 18.6 Å². The number of sulfonamides is 1. The number of aromatic nitrogens is 1. The van der Waals surface area contributed by atoms with Crippen molar-refractivity contribution in [2.24, 2.45) is 7.05 Å². The second-order valence-corrected chi connectivity index (χ2v) is 7.23. The molecule has 0 aliphatic rings. The summed E-state index contributed by atoms with van der Waals surface area (Å²) in [5.41, 5.74) is 1.38. The first-order valence-electron chi connectivity index (χ1n) is 6.87. The fourth-order valence-electron chi connectivity index (χ4n) is 2.46. The first-order chi connectivity index (χ1) is 10.8. The Kier molecular flexibility index (Phi) is 3.45. The number of hydrogen-bond donors (Lipinski definition) is 2. The number of rotatable bonds is 3. The van der Waals surface area contributed by atoms with Gasteiger partial charge in [-0.3, -0.25) is 4.31 Å². The minimum atomic E-state index is -3.94. The monoisotopic (exact) mass is 332 g/mol. The quantitative estimate of drug-likeness (QED) is 0.771. The highest BCUT2D eigenvalue weighted by molar-refractivity contribution is 7.92. The maximum Gasteiger partial charge on any atom is 0.267 e. The van der Waals surface area contributed by atoms with Gasteiger partial charge in [0.05, 0.1) is 5.69 Å². The molecule has 1 aromatic heterocycles. The SMILES string of the molecule is CN(c1ccc2ccn(C)c2c1)S(=O)(=O)c1ccc(O)cc1O. The zero-order valence-electron chi connectivity index (χ0n) is 12.6. The third-order valence-corrected chi connectivity index (χ3v) is 5.65. The molecule has 6 nitrogen and oxygen atoms in total. The fraction of sp³-hybridized carbons (Fsp3) is 0.125. The highest BCUT2D eigenvalue weighted by Crippen LogP contribution is 2.32. The molecule has 0 bridgehead atoms. The van der Waals surface area contributed by atoms with Crippen molar-refractivity contribution in [3.05, 3.63) is 48.7 Å². The predicted octanol–water partition coefficient (Wildman–Crippen LogP) is 2.41. The summed E-state index contributed by atoms with van der Waals surface area (Å²) >= 11 is 0. The van der Waals surface area contributed by atoms with Gasteiger partial charge in [0.1, 0.15) is 16.4 Å². The number of fused-ring (bicyclic) bond motifs is 1. The van der Waals surface area contributed by atoms with Crippen LogP contribution in [0.4, 0.5) is 5.69 Å². The van der Waals surface area contributed by atoms with Crippen molar-refractivity contribution in [1.29, 1.82) is 0 Å². The van der Waals surface area contributed by atoms with E-state index in [0.29, 0.717) is 5.69 Å². The summed E-state index contributed by atoms with van der Waals surface area (Å²) in [5.74, 6) is -0.689. The lowest BCUT2D eigenvalue weighted by Crippen LogP contribution is -2.26. The molecule has 0 saturated heterocycles. The maximum atomic E-state index is 12.7. The molecular formula is C16H16N2O4S. The third-order valence-electron chi connectivity index (χ3n) is 3.82. The van der Waals surface area contributed by atoms with E-state index in [2.05, 4.69) is 0 Å². The number of benzene rings is 2. The zero-order chi connectivity index (χ0) is 16.8. The van der Waals surface area contributed by atoms with Gasteiger partial charge < -0.3 is 14.8 Å². The summed E-state index contributed by atoms with van der Waals surface area (Å²) in [6, 6.07) is 10.7. The Hall–Kier alpha value is -2.67.